The van der Waals surface area contributed by atoms with E-state index >= 15 is 0 Å². The van der Waals surface area contributed by atoms with Gasteiger partial charge in [-0.3, -0.25) is 4.79 Å². The second kappa shape index (κ2) is 3.63. The van der Waals surface area contributed by atoms with Gasteiger partial charge in [0.1, 0.15) is 11.5 Å². The molecule has 64 valence electrons. The second-order valence-corrected chi connectivity index (χ2v) is 4.48. The number of carboxylic acid groups (broad SMARTS) is 1. The molecule has 0 heterocycles. The lowest BCUT2D eigenvalue weighted by Crippen LogP contribution is -2.26. The zero-order chi connectivity index (χ0) is 9.07. The predicted octanol–water partition coefficient (Wildman–Crippen LogP) is -1.23. The zero-order valence-corrected chi connectivity index (χ0v) is 7.11. The number of sulfone groups is 1. The Labute approximate surface area is 69.1 Å². The number of hydrogen-bond donors (Lipinski definition) is 2. The lowest BCUT2D eigenvalue weighted by atomic mass is 10.8. The highest BCUT2D eigenvalue weighted by atomic mass is 32.2. The van der Waals surface area contributed by atoms with Crippen LogP contribution in [0.4, 0.5) is 0 Å². The largest absolute Gasteiger partial charge is 0.480 e. The van der Waals surface area contributed by atoms with Gasteiger partial charge < -0.3 is 10.8 Å². The Morgan fingerprint density at radius 2 is 1.91 bits per heavy atom. The van der Waals surface area contributed by atoms with Gasteiger partial charge in [0.2, 0.25) is 0 Å². The molecule has 0 aliphatic heterocycles. The van der Waals surface area contributed by atoms with Gasteiger partial charge in [0, 0.05) is 0 Å². The molecule has 0 aromatic rings. The average Bonchev–Trinajstić information content (AvgIpc) is 1.53. The Morgan fingerprint density at radius 3 is 2.18 bits per heavy atom. The Hall–Kier alpha value is -0.690. The van der Waals surface area contributed by atoms with Crippen LogP contribution in [0.25, 0.3) is 0 Å². The van der Waals surface area contributed by atoms with Crippen molar-refractivity contribution in [2.24, 2.45) is 5.73 Å². The van der Waals surface area contributed by atoms with E-state index in [2.05, 4.69) is 12.2 Å². The maximum absolute atomic E-state index is 10.7. The molecule has 0 radical (unpaired) electrons. The van der Waals surface area contributed by atoms with Crippen LogP contribution < -0.4 is 5.73 Å². The third-order valence-corrected chi connectivity index (χ3v) is 2.47. The molecule has 11 heavy (non-hydrogen) atoms. The van der Waals surface area contributed by atoms with Crippen molar-refractivity contribution in [1.82, 2.24) is 0 Å². The second-order valence-electron chi connectivity index (χ2n) is 1.89. The van der Waals surface area contributed by atoms with Gasteiger partial charge in [0.25, 0.3) is 0 Å². The molecule has 0 saturated carbocycles. The van der Waals surface area contributed by atoms with E-state index in [4.69, 9.17) is 10.8 Å². The predicted molar refractivity (Wildman–Crippen MR) is 43.1 cm³/mol. The zero-order valence-electron chi connectivity index (χ0n) is 5.48. The fraction of sp³-hybridized carbons (Fsp3) is 0.500. The molecule has 0 rings (SSSR count). The van der Waals surface area contributed by atoms with Gasteiger partial charge in [-0.05, 0) is 0 Å². The molecule has 0 atom stereocenters. The first kappa shape index (κ1) is 10.3. The minimum atomic E-state index is -3.65. The van der Waals surface area contributed by atoms with Crippen molar-refractivity contribution >= 4 is 33.0 Å². The smallest absolute Gasteiger partial charge is 0.318 e. The number of nitrogens with two attached hydrogens (primary N) is 1. The molecule has 0 fully saturated rings. The summed E-state index contributed by atoms with van der Waals surface area (Å²) in [5.41, 5.74) is 4.91. The molecular formula is C4H7NO4S2. The maximum atomic E-state index is 10.7. The molecule has 0 aliphatic rings. The molecule has 5 nitrogen and oxygen atoms in total. The van der Waals surface area contributed by atoms with Crippen LogP contribution in [0.5, 0.6) is 0 Å². The van der Waals surface area contributed by atoms with Crippen LogP contribution in [0.15, 0.2) is 0 Å². The van der Waals surface area contributed by atoms with E-state index < -0.39 is 27.3 Å². The summed E-state index contributed by atoms with van der Waals surface area (Å²) in [4.78, 5) is 9.72. The fourth-order valence-corrected chi connectivity index (χ4v) is 1.91. The number of rotatable bonds is 4. The van der Waals surface area contributed by atoms with Crippen molar-refractivity contribution in [3.63, 3.8) is 0 Å². The number of thiocarbonyl (C=S) groups is 1. The van der Waals surface area contributed by atoms with Crippen molar-refractivity contribution in [1.29, 1.82) is 0 Å². The van der Waals surface area contributed by atoms with E-state index in [1.54, 1.807) is 0 Å². The van der Waals surface area contributed by atoms with Crippen molar-refractivity contribution in [3.05, 3.63) is 0 Å². The Morgan fingerprint density at radius 1 is 1.45 bits per heavy atom. The Kier molecular flexibility index (Phi) is 3.40. The third kappa shape index (κ3) is 5.74. The van der Waals surface area contributed by atoms with E-state index in [0.29, 0.717) is 0 Å². The van der Waals surface area contributed by atoms with Gasteiger partial charge in [0.05, 0.1) is 4.99 Å². The molecule has 0 aromatic carbocycles. The summed E-state index contributed by atoms with van der Waals surface area (Å²) in [5.74, 6) is -2.87. The van der Waals surface area contributed by atoms with Gasteiger partial charge in [0.15, 0.2) is 9.84 Å². The summed E-state index contributed by atoms with van der Waals surface area (Å²) < 4.78 is 21.4. The van der Waals surface area contributed by atoms with E-state index in [9.17, 15) is 13.2 Å². The van der Waals surface area contributed by atoms with Crippen LogP contribution in [0.3, 0.4) is 0 Å². The van der Waals surface area contributed by atoms with Crippen LogP contribution in [0.1, 0.15) is 0 Å². The first-order valence-corrected chi connectivity index (χ1v) is 4.77. The Bertz CT molecular complexity index is 246. The maximum Gasteiger partial charge on any atom is 0.318 e. The highest BCUT2D eigenvalue weighted by Gasteiger charge is 2.16. The molecule has 0 unspecified atom stereocenters. The topological polar surface area (TPSA) is 97.5 Å². The lowest BCUT2D eigenvalue weighted by molar-refractivity contribution is -0.134. The number of aliphatic carboxylic acids is 1. The van der Waals surface area contributed by atoms with Crippen molar-refractivity contribution in [2.75, 3.05) is 11.5 Å². The van der Waals surface area contributed by atoms with Gasteiger partial charge >= 0.3 is 5.97 Å². The van der Waals surface area contributed by atoms with E-state index in [0.717, 1.165) is 0 Å². The summed E-state index contributed by atoms with van der Waals surface area (Å²) in [6.45, 7) is 0. The third-order valence-electron chi connectivity index (χ3n) is 0.706. The molecule has 3 N–H and O–H groups in total. The number of carboxylic acids is 1. The summed E-state index contributed by atoms with van der Waals surface area (Å²) in [6, 6.07) is 0. The van der Waals surface area contributed by atoms with Gasteiger partial charge in [-0.1, -0.05) is 12.2 Å². The van der Waals surface area contributed by atoms with Crippen molar-refractivity contribution < 1.29 is 18.3 Å². The van der Waals surface area contributed by atoms with Crippen molar-refractivity contribution in [3.8, 4) is 0 Å². The van der Waals surface area contributed by atoms with Gasteiger partial charge in [-0.25, -0.2) is 8.42 Å². The quantitative estimate of drug-likeness (QED) is 0.548. The van der Waals surface area contributed by atoms with Crippen LogP contribution in [-0.4, -0.2) is 36.0 Å². The van der Waals surface area contributed by atoms with Crippen LogP contribution in [-0.2, 0) is 14.6 Å². The summed E-state index contributed by atoms with van der Waals surface area (Å²) in [6.07, 6.45) is 0. The van der Waals surface area contributed by atoms with E-state index in [-0.39, 0.29) is 4.99 Å². The molecule has 7 heteroatoms. The molecule has 0 spiro atoms. The average molecular weight is 197 g/mol. The highest BCUT2D eigenvalue weighted by molar-refractivity contribution is 7.94. The summed E-state index contributed by atoms with van der Waals surface area (Å²) in [5, 5.41) is 8.10. The minimum Gasteiger partial charge on any atom is -0.480 e. The molecular weight excluding hydrogens is 190 g/mol. The molecule has 0 saturated heterocycles. The van der Waals surface area contributed by atoms with Crippen LogP contribution >= 0.6 is 12.2 Å². The monoisotopic (exact) mass is 197 g/mol. The van der Waals surface area contributed by atoms with Crippen LogP contribution in [0.2, 0.25) is 0 Å². The lowest BCUT2D eigenvalue weighted by Gasteiger charge is -1.97. The SMILES string of the molecule is NC(=S)CS(=O)(=O)CC(=O)O. The molecule has 0 amide bonds. The van der Waals surface area contributed by atoms with E-state index in [1.807, 2.05) is 0 Å². The van der Waals surface area contributed by atoms with Gasteiger partial charge in [-0.15, -0.1) is 0 Å². The molecule has 0 aliphatic carbocycles. The number of hydrogen-bond acceptors (Lipinski definition) is 4. The standard InChI is InChI=1S/C4H7NO4S2/c5-3(10)1-11(8,9)2-4(6)7/h1-2H2,(H2,5,10)(H,6,7). The first-order chi connectivity index (χ1) is 4.83. The minimum absolute atomic E-state index is 0.216. The summed E-state index contributed by atoms with van der Waals surface area (Å²) in [7, 11) is -3.65. The molecule has 0 bridgehead atoms. The molecule has 0 aromatic heterocycles. The first-order valence-electron chi connectivity index (χ1n) is 2.54. The van der Waals surface area contributed by atoms with Crippen LogP contribution in [0, 0.1) is 0 Å². The summed E-state index contributed by atoms with van der Waals surface area (Å²) >= 11 is 4.30. The number of carbonyl (C=O) groups is 1. The van der Waals surface area contributed by atoms with E-state index in [1.165, 1.54) is 0 Å². The Balaban J connectivity index is 4.25. The normalized spacial score (nSPS) is 10.9. The van der Waals surface area contributed by atoms with Gasteiger partial charge in [-0.2, -0.15) is 0 Å². The van der Waals surface area contributed by atoms with Crippen molar-refractivity contribution in [2.45, 2.75) is 0 Å². The fourth-order valence-electron chi connectivity index (χ4n) is 0.456. The highest BCUT2D eigenvalue weighted by Crippen LogP contribution is 1.89.